The molecular formula is C28H38NOPSi. The molecule has 0 bridgehead atoms. The Morgan fingerprint density at radius 3 is 2.28 bits per heavy atom. The van der Waals surface area contributed by atoms with Crippen LogP contribution in [0.4, 0.5) is 0 Å². The largest absolute Gasteiger partial charge is 0.489 e. The summed E-state index contributed by atoms with van der Waals surface area (Å²) < 4.78 is 6.46. The maximum atomic E-state index is 6.46. The Morgan fingerprint density at radius 1 is 0.938 bits per heavy atom. The summed E-state index contributed by atoms with van der Waals surface area (Å²) in [7, 11) is 1.25. The maximum absolute atomic E-state index is 6.46. The van der Waals surface area contributed by atoms with Crippen LogP contribution >= 0.6 is 8.58 Å². The van der Waals surface area contributed by atoms with Gasteiger partial charge in [-0.2, -0.15) is 0 Å². The number of hydrogen-bond donors (Lipinski definition) is 1. The van der Waals surface area contributed by atoms with Gasteiger partial charge >= 0.3 is 0 Å². The summed E-state index contributed by atoms with van der Waals surface area (Å²) in [5.41, 5.74) is 3.95. The van der Waals surface area contributed by atoms with Crippen molar-refractivity contribution >= 4 is 27.1 Å². The van der Waals surface area contributed by atoms with Gasteiger partial charge < -0.3 is 10.1 Å². The molecule has 0 aliphatic heterocycles. The highest BCUT2D eigenvalue weighted by Crippen LogP contribution is 2.47. The van der Waals surface area contributed by atoms with Crippen molar-refractivity contribution in [1.82, 2.24) is 5.32 Å². The monoisotopic (exact) mass is 463 g/mol. The molecule has 3 rings (SSSR count). The quantitative estimate of drug-likeness (QED) is 0.287. The zero-order chi connectivity index (χ0) is 23.2. The molecule has 0 saturated carbocycles. The van der Waals surface area contributed by atoms with Crippen molar-refractivity contribution in [2.24, 2.45) is 0 Å². The van der Waals surface area contributed by atoms with E-state index in [1.165, 1.54) is 27.2 Å². The van der Waals surface area contributed by atoms with E-state index in [4.69, 9.17) is 4.74 Å². The molecule has 2 unspecified atom stereocenters. The lowest BCUT2D eigenvalue weighted by Crippen LogP contribution is -2.38. The first-order chi connectivity index (χ1) is 15.3. The summed E-state index contributed by atoms with van der Waals surface area (Å²) in [4.78, 5) is 0. The smallest absolute Gasteiger partial charge is 0.123 e. The number of hydrogen-bond acceptors (Lipinski definition) is 2. The number of nitrogens with one attached hydrogen (secondary N) is 1. The van der Waals surface area contributed by atoms with Crippen molar-refractivity contribution in [3.05, 3.63) is 89.5 Å². The highest BCUT2D eigenvalue weighted by atomic mass is 31.1. The predicted molar refractivity (Wildman–Crippen MR) is 145 cm³/mol. The molecule has 3 aromatic carbocycles. The molecule has 0 aliphatic rings. The summed E-state index contributed by atoms with van der Waals surface area (Å²) in [6, 6.07) is 26.3. The standard InChI is InChI=1S/C28H38NOPSi/c1-7-28(2,31-27-16-12-11-15-23(27)20-29-3)25-19-24(32(4,5)6)17-18-26(25)30-21-22-13-9-8-10-14-22/h8-19,29,31H,7,20-21H2,1-6H3. The number of ether oxygens (including phenoxy) is 1. The van der Waals surface area contributed by atoms with Crippen LogP contribution in [0.1, 0.15) is 37.0 Å². The molecular weight excluding hydrogens is 425 g/mol. The lowest BCUT2D eigenvalue weighted by Gasteiger charge is -2.33. The van der Waals surface area contributed by atoms with Crippen LogP contribution < -0.4 is 20.5 Å². The van der Waals surface area contributed by atoms with Crippen molar-refractivity contribution < 1.29 is 4.74 Å². The molecule has 0 aromatic heterocycles. The molecule has 0 amide bonds. The van der Waals surface area contributed by atoms with E-state index in [-0.39, 0.29) is 5.16 Å². The molecule has 0 heterocycles. The van der Waals surface area contributed by atoms with Crippen LogP contribution in [0.3, 0.4) is 0 Å². The first kappa shape index (κ1) is 24.7. The molecule has 2 nitrogen and oxygen atoms in total. The van der Waals surface area contributed by atoms with Gasteiger partial charge in [0.15, 0.2) is 0 Å². The normalized spacial score (nSPS) is 13.9. The lowest BCUT2D eigenvalue weighted by molar-refractivity contribution is 0.300. The van der Waals surface area contributed by atoms with Gasteiger partial charge in [0.1, 0.15) is 12.4 Å². The third-order valence-electron chi connectivity index (χ3n) is 6.18. The highest BCUT2D eigenvalue weighted by Gasteiger charge is 2.31. The molecule has 32 heavy (non-hydrogen) atoms. The van der Waals surface area contributed by atoms with Crippen molar-refractivity contribution in [3.63, 3.8) is 0 Å². The Balaban J connectivity index is 2.02. The van der Waals surface area contributed by atoms with Gasteiger partial charge in [-0.3, -0.25) is 0 Å². The minimum absolute atomic E-state index is 0.0194. The van der Waals surface area contributed by atoms with Crippen LogP contribution in [0.15, 0.2) is 72.8 Å². The minimum atomic E-state index is -1.44. The second-order valence-corrected chi connectivity index (χ2v) is 16.7. The Hall–Kier alpha value is -1.93. The second kappa shape index (κ2) is 10.8. The Kier molecular flexibility index (Phi) is 8.33. The molecule has 0 aliphatic carbocycles. The molecule has 0 fully saturated rings. The topological polar surface area (TPSA) is 21.3 Å². The van der Waals surface area contributed by atoms with E-state index in [2.05, 4.69) is 112 Å². The zero-order valence-electron chi connectivity index (χ0n) is 20.5. The van der Waals surface area contributed by atoms with E-state index < -0.39 is 8.07 Å². The van der Waals surface area contributed by atoms with Crippen molar-refractivity contribution in [1.29, 1.82) is 0 Å². The third-order valence-corrected chi connectivity index (χ3v) is 10.2. The van der Waals surface area contributed by atoms with Gasteiger partial charge in [-0.15, -0.1) is 0 Å². The van der Waals surface area contributed by atoms with Crippen LogP contribution in [0.25, 0.3) is 0 Å². The molecule has 0 saturated heterocycles. The first-order valence-electron chi connectivity index (χ1n) is 11.6. The average Bonchev–Trinajstić information content (AvgIpc) is 2.79. The van der Waals surface area contributed by atoms with Gasteiger partial charge in [0.2, 0.25) is 0 Å². The van der Waals surface area contributed by atoms with Crippen LogP contribution in [-0.4, -0.2) is 15.1 Å². The van der Waals surface area contributed by atoms with E-state index in [9.17, 15) is 0 Å². The van der Waals surface area contributed by atoms with Crippen LogP contribution in [-0.2, 0) is 18.3 Å². The van der Waals surface area contributed by atoms with E-state index in [1.807, 2.05) is 7.05 Å². The molecule has 4 heteroatoms. The summed E-state index contributed by atoms with van der Waals surface area (Å²) in [6.07, 6.45) is 1.07. The van der Waals surface area contributed by atoms with Crippen molar-refractivity contribution in [2.75, 3.05) is 7.05 Å². The maximum Gasteiger partial charge on any atom is 0.123 e. The Morgan fingerprint density at radius 2 is 1.62 bits per heavy atom. The van der Waals surface area contributed by atoms with E-state index >= 15 is 0 Å². The van der Waals surface area contributed by atoms with E-state index in [1.54, 1.807) is 0 Å². The summed E-state index contributed by atoms with van der Waals surface area (Å²) in [5, 5.41) is 6.29. The molecule has 2 atom stereocenters. The van der Waals surface area contributed by atoms with Gasteiger partial charge in [0, 0.05) is 17.3 Å². The zero-order valence-corrected chi connectivity index (χ0v) is 22.5. The fourth-order valence-corrected chi connectivity index (χ4v) is 6.69. The lowest BCUT2D eigenvalue weighted by atomic mass is 9.96. The minimum Gasteiger partial charge on any atom is -0.489 e. The first-order valence-corrected chi connectivity index (χ1v) is 16.1. The van der Waals surface area contributed by atoms with E-state index in [0.29, 0.717) is 15.2 Å². The van der Waals surface area contributed by atoms with Gasteiger partial charge in [0.05, 0.1) is 8.07 Å². The number of benzene rings is 3. The second-order valence-electron chi connectivity index (χ2n) is 9.73. The van der Waals surface area contributed by atoms with Crippen LogP contribution in [0.5, 0.6) is 5.75 Å². The SMILES string of the molecule is CCC(C)(Pc1ccccc1CNC)c1cc([Si](C)(C)C)ccc1OCc1ccccc1. The fraction of sp³-hybridized carbons (Fsp3) is 0.357. The molecule has 0 radical (unpaired) electrons. The number of rotatable bonds is 10. The van der Waals surface area contributed by atoms with Crippen molar-refractivity contribution in [2.45, 2.75) is 58.2 Å². The van der Waals surface area contributed by atoms with Gasteiger partial charge in [-0.1, -0.05) is 114 Å². The van der Waals surface area contributed by atoms with Gasteiger partial charge in [-0.25, -0.2) is 0 Å². The van der Waals surface area contributed by atoms with E-state index in [0.717, 1.165) is 18.7 Å². The summed E-state index contributed by atoms with van der Waals surface area (Å²) >= 11 is 0. The van der Waals surface area contributed by atoms with Crippen LogP contribution in [0, 0.1) is 0 Å². The Bertz CT molecular complexity index is 1020. The van der Waals surface area contributed by atoms with Gasteiger partial charge in [0.25, 0.3) is 0 Å². The summed E-state index contributed by atoms with van der Waals surface area (Å²) in [6.45, 7) is 13.5. The average molecular weight is 464 g/mol. The van der Waals surface area contributed by atoms with Crippen LogP contribution in [0.2, 0.25) is 19.6 Å². The van der Waals surface area contributed by atoms with Gasteiger partial charge in [-0.05, 0) is 36.0 Å². The summed E-state index contributed by atoms with van der Waals surface area (Å²) in [5.74, 6) is 1.03. The molecule has 170 valence electrons. The van der Waals surface area contributed by atoms with Crippen molar-refractivity contribution in [3.8, 4) is 5.75 Å². The molecule has 0 spiro atoms. The predicted octanol–water partition coefficient (Wildman–Crippen LogP) is 6.16. The molecule has 1 N–H and O–H groups in total. The highest BCUT2D eigenvalue weighted by molar-refractivity contribution is 7.48. The fourth-order valence-electron chi connectivity index (χ4n) is 3.92. The Labute approximate surface area is 197 Å². The molecule has 3 aromatic rings. The third kappa shape index (κ3) is 6.10.